The lowest BCUT2D eigenvalue weighted by Crippen LogP contribution is -2.38. The van der Waals surface area contributed by atoms with Crippen LogP contribution in [0.2, 0.25) is 0 Å². The monoisotopic (exact) mass is 354 g/mol. The second kappa shape index (κ2) is 6.55. The number of methoxy groups -OCH3 is 2. The van der Waals surface area contributed by atoms with Crippen molar-refractivity contribution in [3.05, 3.63) is 22.2 Å². The molecule has 2 unspecified atom stereocenters. The van der Waals surface area contributed by atoms with Crippen LogP contribution < -0.4 is 14.8 Å². The average Bonchev–Trinajstić information content (AvgIpc) is 3.08. The van der Waals surface area contributed by atoms with Crippen molar-refractivity contribution < 1.29 is 9.47 Å². The summed E-state index contributed by atoms with van der Waals surface area (Å²) in [4.78, 5) is 2.63. The highest BCUT2D eigenvalue weighted by molar-refractivity contribution is 9.10. The maximum absolute atomic E-state index is 5.41. The van der Waals surface area contributed by atoms with E-state index in [9.17, 15) is 0 Å². The molecular formula is C16H23BrN2O2. The summed E-state index contributed by atoms with van der Waals surface area (Å²) in [5, 5.41) is 3.73. The topological polar surface area (TPSA) is 33.7 Å². The molecule has 0 aromatic heterocycles. The zero-order valence-electron chi connectivity index (χ0n) is 12.7. The maximum atomic E-state index is 5.41. The fourth-order valence-corrected chi connectivity index (χ4v) is 4.29. The van der Waals surface area contributed by atoms with Crippen molar-refractivity contribution in [2.24, 2.45) is 0 Å². The van der Waals surface area contributed by atoms with Crippen molar-refractivity contribution in [1.29, 1.82) is 0 Å². The van der Waals surface area contributed by atoms with E-state index in [1.165, 1.54) is 37.9 Å². The summed E-state index contributed by atoms with van der Waals surface area (Å²) in [6.07, 6.45) is 3.96. The lowest BCUT2D eigenvalue weighted by Gasteiger charge is -2.21. The van der Waals surface area contributed by atoms with Crippen molar-refractivity contribution in [2.45, 2.75) is 37.9 Å². The number of nitrogens with zero attached hydrogens (tertiary/aromatic N) is 1. The molecule has 1 aromatic rings. The number of rotatable bonds is 5. The number of hydrogen-bond donors (Lipinski definition) is 1. The van der Waals surface area contributed by atoms with E-state index in [-0.39, 0.29) is 0 Å². The molecule has 21 heavy (non-hydrogen) atoms. The second-order valence-corrected chi connectivity index (χ2v) is 6.69. The summed E-state index contributed by atoms with van der Waals surface area (Å²) >= 11 is 3.56. The Bertz CT molecular complexity index is 509. The lowest BCUT2D eigenvalue weighted by atomic mass is 10.1. The largest absolute Gasteiger partial charge is 0.493 e. The minimum absolute atomic E-state index is 0.624. The summed E-state index contributed by atoms with van der Waals surface area (Å²) in [6.45, 7) is 3.40. The van der Waals surface area contributed by atoms with Crippen molar-refractivity contribution >= 4 is 15.9 Å². The minimum atomic E-state index is 0.624. The molecule has 2 aliphatic rings. The van der Waals surface area contributed by atoms with Gasteiger partial charge in [-0.3, -0.25) is 4.90 Å². The van der Waals surface area contributed by atoms with Crippen LogP contribution in [0, 0.1) is 0 Å². The third-order valence-corrected chi connectivity index (χ3v) is 5.26. The van der Waals surface area contributed by atoms with Gasteiger partial charge in [-0.15, -0.1) is 0 Å². The molecule has 0 amide bonds. The number of hydrogen-bond acceptors (Lipinski definition) is 4. The van der Waals surface area contributed by atoms with Crippen molar-refractivity contribution in [3.8, 4) is 11.5 Å². The van der Waals surface area contributed by atoms with Crippen LogP contribution in [0.15, 0.2) is 16.6 Å². The molecule has 5 heteroatoms. The first-order chi connectivity index (χ1) is 10.2. The summed E-state index contributed by atoms with van der Waals surface area (Å²) < 4.78 is 11.7. The van der Waals surface area contributed by atoms with Crippen molar-refractivity contribution in [3.63, 3.8) is 0 Å². The molecule has 4 nitrogen and oxygen atoms in total. The summed E-state index contributed by atoms with van der Waals surface area (Å²) in [5.74, 6) is 1.53. The normalized spacial score (nSPS) is 25.1. The predicted octanol–water partition coefficient (Wildman–Crippen LogP) is 2.79. The van der Waals surface area contributed by atoms with Crippen LogP contribution in [0.1, 0.15) is 24.8 Å². The van der Waals surface area contributed by atoms with Gasteiger partial charge in [0.05, 0.1) is 18.7 Å². The molecule has 0 aliphatic carbocycles. The van der Waals surface area contributed by atoms with Crippen LogP contribution in [0.4, 0.5) is 0 Å². The van der Waals surface area contributed by atoms with Gasteiger partial charge in [-0.25, -0.2) is 0 Å². The van der Waals surface area contributed by atoms with Crippen LogP contribution in [-0.2, 0) is 6.54 Å². The third-order valence-electron chi connectivity index (χ3n) is 4.67. The van der Waals surface area contributed by atoms with Gasteiger partial charge in [0.15, 0.2) is 11.5 Å². The molecule has 1 N–H and O–H groups in total. The van der Waals surface area contributed by atoms with Gasteiger partial charge in [0.25, 0.3) is 0 Å². The molecule has 0 radical (unpaired) electrons. The first kappa shape index (κ1) is 15.1. The first-order valence-electron chi connectivity index (χ1n) is 7.60. The highest BCUT2D eigenvalue weighted by atomic mass is 79.9. The Morgan fingerprint density at radius 2 is 2.10 bits per heavy atom. The maximum Gasteiger partial charge on any atom is 0.174 e. The Hall–Kier alpha value is -0.780. The quantitative estimate of drug-likeness (QED) is 0.881. The van der Waals surface area contributed by atoms with Crippen LogP contribution >= 0.6 is 15.9 Å². The highest BCUT2D eigenvalue weighted by Crippen LogP contribution is 2.36. The second-order valence-electron chi connectivity index (χ2n) is 5.83. The number of nitrogens with one attached hydrogen (secondary N) is 1. The van der Waals surface area contributed by atoms with E-state index in [0.717, 1.165) is 28.6 Å². The van der Waals surface area contributed by atoms with Gasteiger partial charge in [-0.1, -0.05) is 0 Å². The molecule has 0 bridgehead atoms. The minimum Gasteiger partial charge on any atom is -0.493 e. The molecule has 2 aliphatic heterocycles. The summed E-state index contributed by atoms with van der Waals surface area (Å²) in [5.41, 5.74) is 1.22. The first-order valence-corrected chi connectivity index (χ1v) is 8.40. The van der Waals surface area contributed by atoms with Gasteiger partial charge in [-0.2, -0.15) is 0 Å². The Balaban J connectivity index is 1.66. The van der Waals surface area contributed by atoms with Crippen LogP contribution in [-0.4, -0.2) is 44.3 Å². The molecule has 3 rings (SSSR count). The van der Waals surface area contributed by atoms with Crippen LogP contribution in [0.5, 0.6) is 11.5 Å². The number of halogens is 1. The molecule has 1 aromatic carbocycles. The summed E-state index contributed by atoms with van der Waals surface area (Å²) in [7, 11) is 3.34. The van der Waals surface area contributed by atoms with E-state index in [1.807, 2.05) is 0 Å². The molecule has 2 atom stereocenters. The highest BCUT2D eigenvalue weighted by Gasteiger charge is 2.36. The van der Waals surface area contributed by atoms with Gasteiger partial charge in [0.2, 0.25) is 0 Å². The van der Waals surface area contributed by atoms with Gasteiger partial charge < -0.3 is 14.8 Å². The number of fused-ring (bicyclic) bond motifs is 1. The summed E-state index contributed by atoms with van der Waals surface area (Å²) in [6, 6.07) is 5.53. The van der Waals surface area contributed by atoms with Gasteiger partial charge >= 0.3 is 0 Å². The lowest BCUT2D eigenvalue weighted by molar-refractivity contribution is 0.298. The fourth-order valence-electron chi connectivity index (χ4n) is 3.64. The van der Waals surface area contributed by atoms with Gasteiger partial charge in [-0.05, 0) is 59.4 Å². The Kier molecular flexibility index (Phi) is 4.72. The van der Waals surface area contributed by atoms with Crippen LogP contribution in [0.25, 0.3) is 0 Å². The molecule has 0 saturated carbocycles. The SMILES string of the molecule is COc1cc(CNC2CCN3CCCC23)cc(Br)c1OC. The Morgan fingerprint density at radius 1 is 1.24 bits per heavy atom. The smallest absolute Gasteiger partial charge is 0.174 e. The molecule has 0 spiro atoms. The number of ether oxygens (including phenoxy) is 2. The zero-order chi connectivity index (χ0) is 14.8. The van der Waals surface area contributed by atoms with E-state index in [2.05, 4.69) is 38.3 Å². The Labute approximate surface area is 134 Å². The van der Waals surface area contributed by atoms with E-state index in [0.29, 0.717) is 6.04 Å². The molecule has 2 heterocycles. The predicted molar refractivity (Wildman–Crippen MR) is 87.1 cm³/mol. The Morgan fingerprint density at radius 3 is 2.86 bits per heavy atom. The molecule has 2 fully saturated rings. The van der Waals surface area contributed by atoms with Gasteiger partial charge in [0.1, 0.15) is 0 Å². The van der Waals surface area contributed by atoms with E-state index in [1.54, 1.807) is 14.2 Å². The van der Waals surface area contributed by atoms with E-state index < -0.39 is 0 Å². The molecule has 116 valence electrons. The number of benzene rings is 1. The average molecular weight is 355 g/mol. The van der Waals surface area contributed by atoms with E-state index in [4.69, 9.17) is 9.47 Å². The van der Waals surface area contributed by atoms with Gasteiger partial charge in [0, 0.05) is 25.2 Å². The molecule has 2 saturated heterocycles. The van der Waals surface area contributed by atoms with Crippen molar-refractivity contribution in [1.82, 2.24) is 10.2 Å². The standard InChI is InChI=1S/C16H23BrN2O2/c1-20-15-9-11(8-12(17)16(15)21-2)10-18-13-5-7-19-6-3-4-14(13)19/h8-9,13-14,18H,3-7,10H2,1-2H3. The third kappa shape index (κ3) is 3.05. The van der Waals surface area contributed by atoms with Crippen molar-refractivity contribution in [2.75, 3.05) is 27.3 Å². The van der Waals surface area contributed by atoms with E-state index >= 15 is 0 Å². The van der Waals surface area contributed by atoms with Crippen LogP contribution in [0.3, 0.4) is 0 Å². The molecular weight excluding hydrogens is 332 g/mol. The fraction of sp³-hybridized carbons (Fsp3) is 0.625. The zero-order valence-corrected chi connectivity index (χ0v) is 14.3.